The summed E-state index contributed by atoms with van der Waals surface area (Å²) in [6.45, 7) is 8.99. The van der Waals surface area contributed by atoms with Crippen LogP contribution in [0.25, 0.3) is 0 Å². The van der Waals surface area contributed by atoms with Crippen molar-refractivity contribution in [2.75, 3.05) is 62.7 Å². The summed E-state index contributed by atoms with van der Waals surface area (Å²) in [7, 11) is 0. The zero-order valence-electron chi connectivity index (χ0n) is 14.6. The van der Waals surface area contributed by atoms with Gasteiger partial charge in [0.1, 0.15) is 5.82 Å². The number of likely N-dealkylation sites (tertiary alicyclic amines) is 1. The minimum absolute atomic E-state index is 0.146. The third kappa shape index (κ3) is 5.03. The average molecular weight is 335 g/mol. The van der Waals surface area contributed by atoms with E-state index in [1.807, 2.05) is 13.0 Å². The van der Waals surface area contributed by atoms with E-state index in [1.54, 1.807) is 0 Å². The lowest BCUT2D eigenvalue weighted by atomic mass is 10.1. The smallest absolute Gasteiger partial charge is 0.227 e. The Bertz CT molecular complexity index is 522. The lowest BCUT2D eigenvalue weighted by molar-refractivity contribution is 0.0706. The molecule has 0 radical (unpaired) electrons. The molecule has 7 nitrogen and oxygen atoms in total. The van der Waals surface area contributed by atoms with Crippen molar-refractivity contribution < 1.29 is 9.84 Å². The first-order chi connectivity index (χ1) is 11.7. The van der Waals surface area contributed by atoms with Gasteiger partial charge in [-0.05, 0) is 39.3 Å². The van der Waals surface area contributed by atoms with Crippen molar-refractivity contribution in [2.45, 2.75) is 32.3 Å². The van der Waals surface area contributed by atoms with Crippen molar-refractivity contribution in [3.8, 4) is 0 Å². The van der Waals surface area contributed by atoms with E-state index in [4.69, 9.17) is 4.74 Å². The Labute approximate surface area is 144 Å². The van der Waals surface area contributed by atoms with Crippen LogP contribution in [0.1, 0.15) is 25.0 Å². The van der Waals surface area contributed by atoms with Crippen molar-refractivity contribution in [3.05, 3.63) is 11.8 Å². The Balaban J connectivity index is 1.47. The number of hydrogen-bond acceptors (Lipinski definition) is 7. The fourth-order valence-corrected chi connectivity index (χ4v) is 3.30. The average Bonchev–Trinajstić information content (AvgIpc) is 2.59. The highest BCUT2D eigenvalue weighted by atomic mass is 16.5. The van der Waals surface area contributed by atoms with Crippen LogP contribution in [0.15, 0.2) is 6.07 Å². The predicted octanol–water partition coefficient (Wildman–Crippen LogP) is 0.880. The van der Waals surface area contributed by atoms with Crippen molar-refractivity contribution in [1.29, 1.82) is 0 Å². The standard InChI is InChI=1S/C17H29N5O2/c1-14-12-16(20-17(19-14)22-8-10-24-11-9-22)18-5-3-7-21-6-2-4-15(23)13-21/h12,15,23H,2-11,13H2,1H3,(H,18,19,20)/t15-/m0/s1. The number of piperidine rings is 1. The van der Waals surface area contributed by atoms with E-state index in [2.05, 4.69) is 25.1 Å². The largest absolute Gasteiger partial charge is 0.392 e. The number of aryl methyl sites for hydroxylation is 1. The maximum absolute atomic E-state index is 9.71. The van der Waals surface area contributed by atoms with Crippen LogP contribution in [0.5, 0.6) is 0 Å². The van der Waals surface area contributed by atoms with Crippen LogP contribution >= 0.6 is 0 Å². The van der Waals surface area contributed by atoms with Crippen LogP contribution in [0.4, 0.5) is 11.8 Å². The monoisotopic (exact) mass is 335 g/mol. The Morgan fingerprint density at radius 2 is 2.12 bits per heavy atom. The molecule has 134 valence electrons. The number of nitrogens with one attached hydrogen (secondary N) is 1. The number of rotatable bonds is 6. The van der Waals surface area contributed by atoms with Crippen LogP contribution in [-0.4, -0.2) is 78.6 Å². The molecular formula is C17H29N5O2. The highest BCUT2D eigenvalue weighted by Crippen LogP contribution is 2.15. The normalized spacial score (nSPS) is 22.6. The summed E-state index contributed by atoms with van der Waals surface area (Å²) in [5, 5.41) is 13.1. The van der Waals surface area contributed by atoms with Gasteiger partial charge in [-0.2, -0.15) is 4.98 Å². The van der Waals surface area contributed by atoms with Crippen LogP contribution in [0.2, 0.25) is 0 Å². The number of morpholine rings is 1. The molecule has 2 N–H and O–H groups in total. The van der Waals surface area contributed by atoms with Gasteiger partial charge in [0.15, 0.2) is 0 Å². The molecule has 1 atom stereocenters. The van der Waals surface area contributed by atoms with Crippen LogP contribution in [-0.2, 0) is 4.74 Å². The van der Waals surface area contributed by atoms with Gasteiger partial charge in [-0.3, -0.25) is 0 Å². The lowest BCUT2D eigenvalue weighted by Crippen LogP contribution is -2.39. The number of ether oxygens (including phenoxy) is 1. The molecule has 3 heterocycles. The summed E-state index contributed by atoms with van der Waals surface area (Å²) in [6.07, 6.45) is 2.94. The summed E-state index contributed by atoms with van der Waals surface area (Å²) in [6, 6.07) is 1.99. The van der Waals surface area contributed by atoms with Crippen LogP contribution in [0, 0.1) is 6.92 Å². The van der Waals surface area contributed by atoms with E-state index in [0.717, 1.165) is 89.2 Å². The minimum Gasteiger partial charge on any atom is -0.392 e. The van der Waals surface area contributed by atoms with Gasteiger partial charge in [0.05, 0.1) is 19.3 Å². The second kappa shape index (κ2) is 8.60. The number of aromatic nitrogens is 2. The van der Waals surface area contributed by atoms with Gasteiger partial charge in [0.25, 0.3) is 0 Å². The summed E-state index contributed by atoms with van der Waals surface area (Å²) < 4.78 is 5.39. The van der Waals surface area contributed by atoms with E-state index >= 15 is 0 Å². The SMILES string of the molecule is Cc1cc(NCCCN2CCC[C@H](O)C2)nc(N2CCOCC2)n1. The van der Waals surface area contributed by atoms with Gasteiger partial charge in [-0.25, -0.2) is 4.98 Å². The molecule has 2 fully saturated rings. The zero-order chi connectivity index (χ0) is 16.8. The number of anilines is 2. The molecule has 3 rings (SSSR count). The molecule has 2 saturated heterocycles. The highest BCUT2D eigenvalue weighted by Gasteiger charge is 2.17. The topological polar surface area (TPSA) is 73.8 Å². The summed E-state index contributed by atoms with van der Waals surface area (Å²) >= 11 is 0. The van der Waals surface area contributed by atoms with Crippen LogP contribution in [0.3, 0.4) is 0 Å². The molecule has 0 aliphatic carbocycles. The van der Waals surface area contributed by atoms with Gasteiger partial charge < -0.3 is 25.0 Å². The second-order valence-electron chi connectivity index (χ2n) is 6.67. The number of aliphatic hydroxyl groups excluding tert-OH is 1. The highest BCUT2D eigenvalue weighted by molar-refractivity contribution is 5.43. The third-order valence-corrected chi connectivity index (χ3v) is 4.57. The Morgan fingerprint density at radius 3 is 2.92 bits per heavy atom. The van der Waals surface area contributed by atoms with E-state index in [1.165, 1.54) is 0 Å². The molecule has 24 heavy (non-hydrogen) atoms. The zero-order valence-corrected chi connectivity index (χ0v) is 14.6. The van der Waals surface area contributed by atoms with E-state index in [-0.39, 0.29) is 6.10 Å². The van der Waals surface area contributed by atoms with Crippen LogP contribution < -0.4 is 10.2 Å². The quantitative estimate of drug-likeness (QED) is 0.748. The van der Waals surface area contributed by atoms with Crippen molar-refractivity contribution in [3.63, 3.8) is 0 Å². The molecule has 0 bridgehead atoms. The van der Waals surface area contributed by atoms with E-state index < -0.39 is 0 Å². The molecule has 1 aromatic heterocycles. The molecule has 0 aromatic carbocycles. The molecule has 0 spiro atoms. The van der Waals surface area contributed by atoms with Crippen molar-refractivity contribution in [1.82, 2.24) is 14.9 Å². The number of aliphatic hydroxyl groups is 1. The maximum Gasteiger partial charge on any atom is 0.227 e. The van der Waals surface area contributed by atoms with Crippen molar-refractivity contribution >= 4 is 11.8 Å². The first kappa shape index (κ1) is 17.4. The minimum atomic E-state index is -0.146. The molecule has 1 aromatic rings. The fourth-order valence-electron chi connectivity index (χ4n) is 3.30. The number of nitrogens with zero attached hydrogens (tertiary/aromatic N) is 4. The van der Waals surface area contributed by atoms with Gasteiger partial charge in [0, 0.05) is 37.9 Å². The molecule has 2 aliphatic rings. The molecule has 0 amide bonds. The number of hydrogen-bond donors (Lipinski definition) is 2. The second-order valence-corrected chi connectivity index (χ2v) is 6.67. The molecule has 7 heteroatoms. The first-order valence-corrected chi connectivity index (χ1v) is 9.03. The summed E-state index contributed by atoms with van der Waals surface area (Å²) in [5.41, 5.74) is 0.980. The molecule has 0 unspecified atom stereocenters. The summed E-state index contributed by atoms with van der Waals surface area (Å²) in [4.78, 5) is 13.7. The molecule has 0 saturated carbocycles. The van der Waals surface area contributed by atoms with E-state index in [9.17, 15) is 5.11 Å². The van der Waals surface area contributed by atoms with Crippen molar-refractivity contribution in [2.24, 2.45) is 0 Å². The third-order valence-electron chi connectivity index (χ3n) is 4.57. The van der Waals surface area contributed by atoms with E-state index in [0.29, 0.717) is 0 Å². The fraction of sp³-hybridized carbons (Fsp3) is 0.765. The summed E-state index contributed by atoms with van der Waals surface area (Å²) in [5.74, 6) is 1.68. The Hall–Kier alpha value is -1.44. The predicted molar refractivity (Wildman–Crippen MR) is 94.6 cm³/mol. The number of β-amino-alcohol motifs (C(OH)–C–C–N with tert-alkyl or cyclic N) is 1. The van der Waals surface area contributed by atoms with Gasteiger partial charge in [-0.15, -0.1) is 0 Å². The lowest BCUT2D eigenvalue weighted by Gasteiger charge is -2.30. The van der Waals surface area contributed by atoms with Gasteiger partial charge in [-0.1, -0.05) is 0 Å². The Kier molecular flexibility index (Phi) is 6.23. The Morgan fingerprint density at radius 1 is 1.29 bits per heavy atom. The van der Waals surface area contributed by atoms with Gasteiger partial charge >= 0.3 is 0 Å². The first-order valence-electron chi connectivity index (χ1n) is 9.03. The van der Waals surface area contributed by atoms with Gasteiger partial charge in [0.2, 0.25) is 5.95 Å². The molecular weight excluding hydrogens is 306 g/mol. The maximum atomic E-state index is 9.71. The molecule has 2 aliphatic heterocycles.